The van der Waals surface area contributed by atoms with Crippen molar-refractivity contribution >= 4 is 118 Å². The number of sulfone groups is 2. The van der Waals surface area contributed by atoms with Crippen LogP contribution in [-0.4, -0.2) is 253 Å². The number of fused-ring (bicyclic) bond motifs is 3. The Morgan fingerprint density at radius 2 is 0.979 bits per heavy atom. The van der Waals surface area contributed by atoms with Crippen LogP contribution < -0.4 is 15.6 Å². The monoisotopic (exact) mass is 2170 g/mol. The van der Waals surface area contributed by atoms with Crippen LogP contribution in [0.5, 0.6) is 0 Å². The maximum absolute atomic E-state index is 13.5. The lowest BCUT2D eigenvalue weighted by Gasteiger charge is -2.38. The maximum Gasteiger partial charge on any atom is 0.305 e. The summed E-state index contributed by atoms with van der Waals surface area (Å²) >= 11 is 1.98. The molecule has 2 amide bonds. The molecule has 802 valence electrons. The molecule has 3 aromatic heterocycles. The second-order valence-electron chi connectivity index (χ2n) is 38.4. The number of methoxy groups -OCH3 is 1. The lowest BCUT2D eigenvalue weighted by atomic mass is 9.85. The van der Waals surface area contributed by atoms with Gasteiger partial charge in [0.2, 0.25) is 31.9 Å². The topological polar surface area (TPSA) is 543 Å². The number of primary sulfonamides is 2. The quantitative estimate of drug-likeness (QED) is 0.00744. The molecule has 3 aliphatic heterocycles. The fraction of sp³-hybridized carbons (Fsp3) is 0.644. The van der Waals surface area contributed by atoms with Crippen molar-refractivity contribution in [1.29, 1.82) is 0 Å². The van der Waals surface area contributed by atoms with Crippen molar-refractivity contribution in [1.82, 2.24) is 19.4 Å². The second-order valence-corrected chi connectivity index (χ2v) is 54.3. The third kappa shape index (κ3) is 34.4. The molecule has 0 bridgehead atoms. The SMILES string of the molecule is CCCCC[C@H](O)/C=C/[C@@H]1[C@@H](C/C=C\CCCC(=O)OCCC=NS(=O)(=O)c2cc3c(s2)S(=O)(=O)[C@@H](C)C[C@@H]3NCC)[C@@H](O)C[C@H]1O.CCN(C(=O)CCC/C=C\C[C@@H]1[C@@H](CC[C@@H](O)CCc2ccccc2)[C@H](O)C[C@@H]1O)[C@H]1CN(CCCOC)S(=O)(=O)c2sc(S(N)(=O)=O)cc21.CCN(C(=O)CCC/C=C\C[C@@H]1[C@@H](CC[C@@H](O)CCc2ccccc2)[C@H](O)C[C@@H]1O)[C@H]1C[C@H](C)S(=O)(=O)c2sc(S(N)(=O)=O)cc21. The highest BCUT2D eigenvalue weighted by Gasteiger charge is 2.48. The van der Waals surface area contributed by atoms with Gasteiger partial charge in [-0.05, 0) is 241 Å². The number of likely N-dealkylation sites (N-methyl/N-ethyl adjacent to an activating group) is 1. The van der Waals surface area contributed by atoms with E-state index < -0.39 is 143 Å². The molecule has 3 fully saturated rings. The number of benzene rings is 2. The van der Waals surface area contributed by atoms with Gasteiger partial charge in [0.25, 0.3) is 20.0 Å². The molecule has 143 heavy (non-hydrogen) atoms. The highest BCUT2D eigenvalue weighted by atomic mass is 32.3. The van der Waals surface area contributed by atoms with Gasteiger partial charge in [-0.1, -0.05) is 142 Å². The Kier molecular flexibility index (Phi) is 48.0. The number of hydrogen-bond donors (Lipinski definition) is 12. The largest absolute Gasteiger partial charge is 0.465 e. The van der Waals surface area contributed by atoms with E-state index in [1.54, 1.807) is 29.7 Å². The van der Waals surface area contributed by atoms with Gasteiger partial charge in [0.05, 0.1) is 84.1 Å². The number of allylic oxidation sites excluding steroid dienone is 6. The molecule has 0 saturated heterocycles. The van der Waals surface area contributed by atoms with Gasteiger partial charge in [0.1, 0.15) is 25.3 Å². The number of carbonyl (C=O) groups excluding carboxylic acids is 3. The van der Waals surface area contributed by atoms with Crippen LogP contribution in [0.25, 0.3) is 0 Å². The summed E-state index contributed by atoms with van der Waals surface area (Å²) in [4.78, 5) is 42.2. The van der Waals surface area contributed by atoms with Crippen LogP contribution in [0.2, 0.25) is 0 Å². The van der Waals surface area contributed by atoms with Gasteiger partial charge in [-0.15, -0.1) is 34.0 Å². The van der Waals surface area contributed by atoms with E-state index in [2.05, 4.69) is 16.6 Å². The van der Waals surface area contributed by atoms with Crippen molar-refractivity contribution in [3.63, 3.8) is 0 Å². The minimum absolute atomic E-state index is 0.000109. The Labute approximate surface area is 858 Å². The number of nitrogens with zero attached hydrogens (tertiary/aromatic N) is 4. The van der Waals surface area contributed by atoms with Crippen LogP contribution in [0, 0.1) is 35.5 Å². The molecule has 6 aliphatic rings. The first kappa shape index (κ1) is 120. The molecule has 3 aliphatic carbocycles. The van der Waals surface area contributed by atoms with Crippen LogP contribution in [0.3, 0.4) is 0 Å². The minimum Gasteiger partial charge on any atom is -0.465 e. The number of nitrogens with two attached hydrogens (primary N) is 2. The Bertz CT molecular complexity index is 5740. The molecule has 14 N–H and O–H groups in total. The van der Waals surface area contributed by atoms with Gasteiger partial charge < -0.3 is 70.5 Å². The summed E-state index contributed by atoms with van der Waals surface area (Å²) in [6.45, 7) is 12.6. The van der Waals surface area contributed by atoms with E-state index in [4.69, 9.17) is 19.8 Å². The van der Waals surface area contributed by atoms with E-state index in [0.29, 0.717) is 195 Å². The number of ether oxygens (including phenoxy) is 2. The predicted molar refractivity (Wildman–Crippen MR) is 554 cm³/mol. The molecule has 6 heterocycles. The molecule has 11 rings (SSSR count). The maximum atomic E-state index is 13.5. The van der Waals surface area contributed by atoms with Crippen molar-refractivity contribution in [3.8, 4) is 0 Å². The third-order valence-electron chi connectivity index (χ3n) is 28.2. The molecule has 33 nitrogen and oxygen atoms in total. The van der Waals surface area contributed by atoms with Gasteiger partial charge >= 0.3 is 5.97 Å². The number of unbranched alkanes of at least 4 members (excludes halogenated alkanes) is 5. The number of rotatable bonds is 53. The normalized spacial score (nSPS) is 25.9. The van der Waals surface area contributed by atoms with Gasteiger partial charge in [0, 0.05) is 107 Å². The summed E-state index contributed by atoms with van der Waals surface area (Å²) in [6.07, 6.45) is 28.4. The van der Waals surface area contributed by atoms with Crippen molar-refractivity contribution in [2.45, 2.75) is 349 Å². The van der Waals surface area contributed by atoms with Gasteiger partial charge in [0.15, 0.2) is 19.7 Å². The van der Waals surface area contributed by atoms with Gasteiger partial charge in [-0.3, -0.25) is 14.4 Å². The van der Waals surface area contributed by atoms with Crippen molar-refractivity contribution in [2.75, 3.05) is 53.0 Å². The Morgan fingerprint density at radius 3 is 1.48 bits per heavy atom. The molecule has 0 radical (unpaired) electrons. The average molecular weight is 2170 g/mol. The van der Waals surface area contributed by atoms with Gasteiger partial charge in [-0.25, -0.2) is 52.4 Å². The van der Waals surface area contributed by atoms with E-state index in [1.807, 2.05) is 124 Å². The number of sulfonamides is 4. The zero-order valence-electron chi connectivity index (χ0n) is 83.2. The van der Waals surface area contributed by atoms with E-state index in [0.717, 1.165) is 49.7 Å². The van der Waals surface area contributed by atoms with E-state index in [1.165, 1.54) is 40.7 Å². The number of esters is 1. The molecule has 2 aromatic carbocycles. The molecule has 0 unspecified atom stereocenters. The zero-order valence-corrected chi connectivity index (χ0v) is 90.6. The number of aryl methyl sites for hydroxylation is 2. The summed E-state index contributed by atoms with van der Waals surface area (Å²) in [5.74, 6) is -1.50. The van der Waals surface area contributed by atoms with Crippen molar-refractivity contribution in [3.05, 3.63) is 155 Å². The van der Waals surface area contributed by atoms with Crippen LogP contribution in [-0.2, 0) is 96.5 Å². The number of carbonyl (C=O) groups is 3. The molecule has 42 heteroatoms. The number of thiophene rings is 3. The Hall–Kier alpha value is -6.28. The molecule has 5 aromatic rings. The summed E-state index contributed by atoms with van der Waals surface area (Å²) in [5, 5.41) is 107. The predicted octanol–water partition coefficient (Wildman–Crippen LogP) is 12.3. The number of amides is 2. The van der Waals surface area contributed by atoms with Crippen LogP contribution >= 0.6 is 34.0 Å². The third-order valence-corrected chi connectivity index (χ3v) is 44.1. The lowest BCUT2D eigenvalue weighted by Crippen LogP contribution is -2.47. The number of nitrogens with one attached hydrogen (secondary N) is 1. The van der Waals surface area contributed by atoms with E-state index in [9.17, 15) is 111 Å². The average Bonchev–Trinajstić information content (AvgIpc) is 1.57. The second kappa shape index (κ2) is 57.1. The number of aliphatic hydroxyl groups is 9. The van der Waals surface area contributed by atoms with Crippen LogP contribution in [0.15, 0.2) is 157 Å². The first-order valence-electron chi connectivity index (χ1n) is 50.4. The Morgan fingerprint density at radius 1 is 0.524 bits per heavy atom. The van der Waals surface area contributed by atoms with Gasteiger partial charge in [-0.2, -0.15) is 17.1 Å². The van der Waals surface area contributed by atoms with E-state index in [-0.39, 0.29) is 136 Å². The number of hydrogen-bond acceptors (Lipinski definition) is 30. The molecule has 20 atom stereocenters. The van der Waals surface area contributed by atoms with Crippen LogP contribution in [0.4, 0.5) is 0 Å². The summed E-state index contributed by atoms with van der Waals surface area (Å²) in [7, 11) is -22.2. The highest BCUT2D eigenvalue weighted by molar-refractivity contribution is 7.96. The number of aliphatic hydroxyl groups excluding tert-OH is 9. The standard InChI is InChI=1S/C35H53N3O9S3.C33H52N2O9S3.C33H48N2O8S3/c1-3-38(30-24-37(20-11-21-47-2)50(45,46)35-29(30)22-34(48-35)49(36,43)44)33(42)15-10-5-4-9-14-27-28(32(41)23-31(27)40)19-18-26(39)17-16-25-12-7-6-8-13-25;1-4-6-9-13-24(36)16-17-26-25(29(37)22-30(26)38)14-10-7-8-11-15-31(39)44-19-12-18-35-47(42,43)32-21-27-28(34-5-2)20-23(3)46(40,41)33(27)45-32;1-3-35(28-19-22(2)45(40,41)33-27(28)20-32(44-33)46(34,42)43)31(39)14-10-5-4-9-13-25-26(30(38)21-29(25)37)18-17-24(36)16-15-23-11-7-6-8-12-23/h4,6-9,12-13,22,26-28,30-32,39-41H,3,5,10-11,14-21,23-24H2,1-2H3,(H2,36,43,44);7,10,16-18,21,23-26,28-30,34,36-38H,4-6,8-9,11-15,19-20,22H2,1-3H3;4,6-9,11-12,20,22,24-26,28-30,36-38H,3,5,10,13-19,21H2,1-2H3,(H2,34,42,43)/b9-4-;10-7-,17-16+,35-18?;9-4-/t26-,27+,28+,30-,31-,32+;23-,24-,25+,26+,28-,29-,30+;22-,24-,25+,26+,28-,29-,30+/m000/s1. The fourth-order valence-electron chi connectivity index (χ4n) is 20.1. The van der Waals surface area contributed by atoms with E-state index >= 15 is 0 Å². The minimum atomic E-state index is -4.16. The molecule has 3 saturated carbocycles. The summed E-state index contributed by atoms with van der Waals surface area (Å²) in [5.41, 5.74) is 3.41. The lowest BCUT2D eigenvalue weighted by molar-refractivity contribution is -0.143. The zero-order chi connectivity index (χ0) is 105. The Balaban J connectivity index is 0.000000239. The van der Waals surface area contributed by atoms with Crippen LogP contribution in [0.1, 0.15) is 274 Å². The molecule has 0 spiro atoms. The molecular formula is C101H153N7O26S9. The smallest absolute Gasteiger partial charge is 0.305 e. The fourth-order valence-corrected chi connectivity index (χ4v) is 33.7. The summed E-state index contributed by atoms with van der Waals surface area (Å²) < 4.78 is 167. The molecular weight excluding hydrogens is 2020 g/mol. The first-order valence-corrected chi connectivity index (χ1v) is 61.9. The summed E-state index contributed by atoms with van der Waals surface area (Å²) in [6, 6.07) is 22.5. The highest BCUT2D eigenvalue weighted by Crippen LogP contribution is 2.49. The van der Waals surface area contributed by atoms with Crippen molar-refractivity contribution < 1.29 is 120 Å². The first-order chi connectivity index (χ1) is 67.8. The van der Waals surface area contributed by atoms with Crippen molar-refractivity contribution in [2.24, 2.45) is 50.2 Å².